The standard InChI is InChI=1S/C10H12F2N2O/c1-13-6-10(15)14-5-7-2-3-8(11)4-9(7)12/h2-4,13H,5-6H2,1H3,(H,14,15). The van der Waals surface area contributed by atoms with Crippen LogP contribution in [0.15, 0.2) is 18.2 Å². The van der Waals surface area contributed by atoms with Crippen LogP contribution in [0.1, 0.15) is 5.56 Å². The molecule has 1 rings (SSSR count). The van der Waals surface area contributed by atoms with Crippen LogP contribution in [0.25, 0.3) is 0 Å². The Morgan fingerprint density at radius 3 is 2.73 bits per heavy atom. The molecule has 0 heterocycles. The zero-order chi connectivity index (χ0) is 11.3. The van der Waals surface area contributed by atoms with Gasteiger partial charge in [0.2, 0.25) is 5.91 Å². The maximum Gasteiger partial charge on any atom is 0.234 e. The summed E-state index contributed by atoms with van der Waals surface area (Å²) < 4.78 is 25.6. The van der Waals surface area contributed by atoms with Crippen molar-refractivity contribution in [2.24, 2.45) is 0 Å². The maximum atomic E-state index is 13.1. The summed E-state index contributed by atoms with van der Waals surface area (Å²) in [5.74, 6) is -1.52. The number of rotatable bonds is 4. The molecular formula is C10H12F2N2O. The van der Waals surface area contributed by atoms with Gasteiger partial charge in [-0.1, -0.05) is 6.07 Å². The summed E-state index contributed by atoms with van der Waals surface area (Å²) in [6.07, 6.45) is 0. The fourth-order valence-electron chi connectivity index (χ4n) is 1.08. The monoisotopic (exact) mass is 214 g/mol. The molecule has 0 spiro atoms. The molecule has 0 radical (unpaired) electrons. The lowest BCUT2D eigenvalue weighted by molar-refractivity contribution is -0.120. The number of nitrogens with one attached hydrogen (secondary N) is 2. The topological polar surface area (TPSA) is 41.1 Å². The van der Waals surface area contributed by atoms with E-state index in [-0.39, 0.29) is 24.6 Å². The van der Waals surface area contributed by atoms with Crippen LogP contribution < -0.4 is 10.6 Å². The summed E-state index contributed by atoms with van der Waals surface area (Å²) in [5.41, 5.74) is 0.265. The number of amides is 1. The first-order valence-corrected chi connectivity index (χ1v) is 4.48. The third kappa shape index (κ3) is 3.63. The number of likely N-dealkylation sites (N-methyl/N-ethyl adjacent to an activating group) is 1. The highest BCUT2D eigenvalue weighted by Crippen LogP contribution is 2.08. The predicted octanol–water partition coefficient (Wildman–Crippen LogP) is 0.800. The minimum atomic E-state index is -0.653. The summed E-state index contributed by atoms with van der Waals surface area (Å²) >= 11 is 0. The predicted molar refractivity (Wildman–Crippen MR) is 52.1 cm³/mol. The van der Waals surface area contributed by atoms with Gasteiger partial charge in [0.1, 0.15) is 11.6 Å². The molecular weight excluding hydrogens is 202 g/mol. The van der Waals surface area contributed by atoms with Gasteiger partial charge in [0.25, 0.3) is 0 Å². The second kappa shape index (κ2) is 5.41. The Morgan fingerprint density at radius 1 is 1.40 bits per heavy atom. The van der Waals surface area contributed by atoms with E-state index in [1.54, 1.807) is 7.05 Å². The minimum Gasteiger partial charge on any atom is -0.351 e. The highest BCUT2D eigenvalue weighted by molar-refractivity contribution is 5.77. The summed E-state index contributed by atoms with van der Waals surface area (Å²) in [6.45, 7) is 0.232. The number of benzene rings is 1. The molecule has 0 atom stereocenters. The Morgan fingerprint density at radius 2 is 2.13 bits per heavy atom. The second-order valence-corrected chi connectivity index (χ2v) is 3.04. The van der Waals surface area contributed by atoms with E-state index >= 15 is 0 Å². The molecule has 0 bridgehead atoms. The normalized spacial score (nSPS) is 10.1. The van der Waals surface area contributed by atoms with Crippen LogP contribution in [0.3, 0.4) is 0 Å². The number of hydrogen-bond donors (Lipinski definition) is 2. The van der Waals surface area contributed by atoms with Gasteiger partial charge in [-0.25, -0.2) is 8.78 Å². The van der Waals surface area contributed by atoms with Crippen LogP contribution in [0.2, 0.25) is 0 Å². The first kappa shape index (κ1) is 11.6. The second-order valence-electron chi connectivity index (χ2n) is 3.04. The van der Waals surface area contributed by atoms with E-state index in [0.717, 1.165) is 12.1 Å². The van der Waals surface area contributed by atoms with Crippen molar-refractivity contribution in [1.82, 2.24) is 10.6 Å². The van der Waals surface area contributed by atoms with E-state index in [1.807, 2.05) is 0 Å². The van der Waals surface area contributed by atoms with Crippen molar-refractivity contribution in [2.45, 2.75) is 6.54 Å². The molecule has 2 N–H and O–H groups in total. The van der Waals surface area contributed by atoms with Crippen molar-refractivity contribution in [3.05, 3.63) is 35.4 Å². The molecule has 15 heavy (non-hydrogen) atoms. The lowest BCUT2D eigenvalue weighted by Gasteiger charge is -2.05. The van der Waals surface area contributed by atoms with Crippen LogP contribution in [0, 0.1) is 11.6 Å². The van der Waals surface area contributed by atoms with Crippen molar-refractivity contribution in [3.63, 3.8) is 0 Å². The quantitative estimate of drug-likeness (QED) is 0.778. The van der Waals surface area contributed by atoms with Crippen LogP contribution in [0.5, 0.6) is 0 Å². The number of carbonyl (C=O) groups is 1. The van der Waals surface area contributed by atoms with E-state index in [2.05, 4.69) is 10.6 Å². The molecule has 1 amide bonds. The van der Waals surface area contributed by atoms with Crippen LogP contribution in [0.4, 0.5) is 8.78 Å². The minimum absolute atomic E-state index is 0.0621. The van der Waals surface area contributed by atoms with Gasteiger partial charge in [-0.05, 0) is 13.1 Å². The summed E-state index contributed by atoms with van der Waals surface area (Å²) in [5, 5.41) is 5.16. The van der Waals surface area contributed by atoms with Gasteiger partial charge in [0.05, 0.1) is 6.54 Å². The zero-order valence-corrected chi connectivity index (χ0v) is 8.31. The zero-order valence-electron chi connectivity index (χ0n) is 8.31. The van der Waals surface area contributed by atoms with Crippen molar-refractivity contribution in [1.29, 1.82) is 0 Å². The SMILES string of the molecule is CNCC(=O)NCc1ccc(F)cc1F. The third-order valence-electron chi connectivity index (χ3n) is 1.83. The number of carbonyl (C=O) groups excluding carboxylic acids is 1. The molecule has 0 aliphatic carbocycles. The molecule has 0 unspecified atom stereocenters. The first-order chi connectivity index (χ1) is 7.13. The summed E-state index contributed by atoms with van der Waals surface area (Å²) in [6, 6.07) is 3.26. The van der Waals surface area contributed by atoms with Crippen molar-refractivity contribution < 1.29 is 13.6 Å². The number of halogens is 2. The molecule has 1 aromatic rings. The van der Waals surface area contributed by atoms with E-state index < -0.39 is 11.6 Å². The Hall–Kier alpha value is -1.49. The molecule has 1 aromatic carbocycles. The number of hydrogen-bond acceptors (Lipinski definition) is 2. The highest BCUT2D eigenvalue weighted by atomic mass is 19.1. The molecule has 0 saturated heterocycles. The molecule has 0 aromatic heterocycles. The summed E-state index contributed by atoms with van der Waals surface area (Å²) in [4.78, 5) is 11.0. The van der Waals surface area contributed by atoms with Gasteiger partial charge in [-0.3, -0.25) is 4.79 Å². The van der Waals surface area contributed by atoms with Gasteiger partial charge < -0.3 is 10.6 Å². The average Bonchev–Trinajstić information content (AvgIpc) is 2.17. The van der Waals surface area contributed by atoms with Gasteiger partial charge in [0, 0.05) is 18.2 Å². The molecule has 0 saturated carbocycles. The first-order valence-electron chi connectivity index (χ1n) is 4.48. The Labute approximate surface area is 86.5 Å². The van der Waals surface area contributed by atoms with Crippen molar-refractivity contribution in [2.75, 3.05) is 13.6 Å². The van der Waals surface area contributed by atoms with Gasteiger partial charge in [-0.15, -0.1) is 0 Å². The lowest BCUT2D eigenvalue weighted by atomic mass is 10.2. The molecule has 82 valence electrons. The average molecular weight is 214 g/mol. The van der Waals surface area contributed by atoms with Crippen molar-refractivity contribution in [3.8, 4) is 0 Å². The molecule has 3 nitrogen and oxygen atoms in total. The largest absolute Gasteiger partial charge is 0.351 e. The Balaban J connectivity index is 2.54. The maximum absolute atomic E-state index is 13.1. The Kier molecular flexibility index (Phi) is 4.17. The summed E-state index contributed by atoms with van der Waals surface area (Å²) in [7, 11) is 1.64. The lowest BCUT2D eigenvalue weighted by Crippen LogP contribution is -2.31. The van der Waals surface area contributed by atoms with Gasteiger partial charge in [0.15, 0.2) is 0 Å². The van der Waals surface area contributed by atoms with Gasteiger partial charge in [-0.2, -0.15) is 0 Å². The van der Waals surface area contributed by atoms with Crippen LogP contribution >= 0.6 is 0 Å². The fraction of sp³-hybridized carbons (Fsp3) is 0.300. The van der Waals surface area contributed by atoms with Crippen LogP contribution in [-0.2, 0) is 11.3 Å². The molecule has 0 aliphatic rings. The van der Waals surface area contributed by atoms with E-state index in [0.29, 0.717) is 0 Å². The smallest absolute Gasteiger partial charge is 0.234 e. The van der Waals surface area contributed by atoms with Crippen LogP contribution in [-0.4, -0.2) is 19.5 Å². The van der Waals surface area contributed by atoms with E-state index in [4.69, 9.17) is 0 Å². The molecule has 0 fully saturated rings. The highest BCUT2D eigenvalue weighted by Gasteiger charge is 2.05. The van der Waals surface area contributed by atoms with Gasteiger partial charge >= 0.3 is 0 Å². The Bertz CT molecular complexity index is 355. The van der Waals surface area contributed by atoms with E-state index in [1.165, 1.54) is 6.07 Å². The molecule has 0 aliphatic heterocycles. The molecule has 5 heteroatoms. The van der Waals surface area contributed by atoms with E-state index in [9.17, 15) is 13.6 Å². The fourth-order valence-corrected chi connectivity index (χ4v) is 1.08. The van der Waals surface area contributed by atoms with Crippen molar-refractivity contribution >= 4 is 5.91 Å². The third-order valence-corrected chi connectivity index (χ3v) is 1.83.